The second-order valence-corrected chi connectivity index (χ2v) is 7.34. The maximum absolute atomic E-state index is 11.9. The molecule has 4 nitrogen and oxygen atoms in total. The van der Waals surface area contributed by atoms with Crippen molar-refractivity contribution in [1.82, 2.24) is 0 Å². The molecule has 0 fully saturated rings. The molecule has 0 unspecified atom stereocenters. The Morgan fingerprint density at radius 2 is 0.895 bits per heavy atom. The van der Waals surface area contributed by atoms with Crippen molar-refractivity contribution in [2.75, 3.05) is 0 Å². The predicted octanol–water partition coefficient (Wildman–Crippen LogP) is 1.93. The number of benzene rings is 2. The highest BCUT2D eigenvalue weighted by Gasteiger charge is 2.27. The average Bonchev–Trinajstić information content (AvgIpc) is 2.40. The van der Waals surface area contributed by atoms with Gasteiger partial charge in [0.2, 0.25) is 19.7 Å². The number of rotatable bonds is 4. The van der Waals surface area contributed by atoms with Gasteiger partial charge in [0.25, 0.3) is 5.08 Å². The molecular formula is C13H10O4S2. The maximum atomic E-state index is 11.9. The van der Waals surface area contributed by atoms with Crippen molar-refractivity contribution < 1.29 is 16.8 Å². The zero-order valence-corrected chi connectivity index (χ0v) is 11.4. The minimum atomic E-state index is -4.10. The van der Waals surface area contributed by atoms with Crippen LogP contribution in [0.2, 0.25) is 0 Å². The quantitative estimate of drug-likeness (QED) is 0.864. The van der Waals surface area contributed by atoms with Crippen LogP contribution in [0.4, 0.5) is 0 Å². The first kappa shape index (κ1) is 13.8. The fourth-order valence-corrected chi connectivity index (χ4v) is 4.40. The summed E-state index contributed by atoms with van der Waals surface area (Å²) in [6.45, 7) is 0. The van der Waals surface area contributed by atoms with Gasteiger partial charge in [-0.05, 0) is 24.3 Å². The van der Waals surface area contributed by atoms with Crippen LogP contribution >= 0.6 is 0 Å². The summed E-state index contributed by atoms with van der Waals surface area (Å²) in [7, 11) is -8.21. The minimum absolute atomic E-state index is 0.102. The Morgan fingerprint density at radius 3 is 1.21 bits per heavy atom. The summed E-state index contributed by atoms with van der Waals surface area (Å²) < 4.78 is 47.7. The van der Waals surface area contributed by atoms with E-state index in [0.29, 0.717) is 0 Å². The van der Waals surface area contributed by atoms with E-state index in [9.17, 15) is 16.8 Å². The summed E-state index contributed by atoms with van der Waals surface area (Å²) in [6.07, 6.45) is 0. The van der Waals surface area contributed by atoms with E-state index < -0.39 is 19.7 Å². The van der Waals surface area contributed by atoms with Gasteiger partial charge in [-0.25, -0.2) is 16.8 Å². The normalized spacial score (nSPS) is 12.2. The van der Waals surface area contributed by atoms with E-state index in [2.05, 4.69) is 0 Å². The molecule has 0 amide bonds. The van der Waals surface area contributed by atoms with E-state index >= 15 is 0 Å². The molecule has 0 saturated heterocycles. The van der Waals surface area contributed by atoms with Crippen LogP contribution in [-0.2, 0) is 19.7 Å². The lowest BCUT2D eigenvalue weighted by atomic mass is 10.4. The molecule has 0 saturated carbocycles. The van der Waals surface area contributed by atoms with Crippen LogP contribution < -0.4 is 0 Å². The second kappa shape index (κ2) is 5.14. The van der Waals surface area contributed by atoms with E-state index in [1.54, 1.807) is 17.2 Å². The van der Waals surface area contributed by atoms with Crippen LogP contribution in [0.1, 0.15) is 0 Å². The van der Waals surface area contributed by atoms with E-state index in [1.165, 1.54) is 48.5 Å². The highest BCUT2D eigenvalue weighted by molar-refractivity contribution is 8.11. The fourth-order valence-electron chi connectivity index (χ4n) is 1.44. The van der Waals surface area contributed by atoms with E-state index in [-0.39, 0.29) is 9.79 Å². The molecular weight excluding hydrogens is 284 g/mol. The SMILES string of the molecule is O=S(=O)([C]S(=O)(=O)c1ccccc1)c1ccccc1. The van der Waals surface area contributed by atoms with Crippen LogP contribution in [0.25, 0.3) is 0 Å². The van der Waals surface area contributed by atoms with Crippen molar-refractivity contribution >= 4 is 19.7 Å². The third-order valence-electron chi connectivity index (χ3n) is 2.33. The van der Waals surface area contributed by atoms with E-state index in [1.807, 2.05) is 0 Å². The fraction of sp³-hybridized carbons (Fsp3) is 0. The molecule has 0 aliphatic rings. The monoisotopic (exact) mass is 294 g/mol. The molecule has 19 heavy (non-hydrogen) atoms. The van der Waals surface area contributed by atoms with Gasteiger partial charge in [0.1, 0.15) is 0 Å². The van der Waals surface area contributed by atoms with Crippen molar-refractivity contribution in [2.24, 2.45) is 0 Å². The summed E-state index contributed by atoms with van der Waals surface area (Å²) in [5.41, 5.74) is 0. The van der Waals surface area contributed by atoms with Crippen LogP contribution in [-0.4, -0.2) is 16.8 Å². The Balaban J connectivity index is 2.37. The topological polar surface area (TPSA) is 68.3 Å². The Morgan fingerprint density at radius 1 is 0.579 bits per heavy atom. The van der Waals surface area contributed by atoms with Crippen molar-refractivity contribution in [3.05, 3.63) is 65.7 Å². The van der Waals surface area contributed by atoms with E-state index in [4.69, 9.17) is 0 Å². The number of hydrogen-bond acceptors (Lipinski definition) is 4. The average molecular weight is 294 g/mol. The molecule has 2 radical (unpaired) electrons. The molecule has 0 atom stereocenters. The molecule has 0 aromatic heterocycles. The summed E-state index contributed by atoms with van der Waals surface area (Å²) in [5, 5.41) is 1.71. The summed E-state index contributed by atoms with van der Waals surface area (Å²) in [5.74, 6) is 0. The van der Waals surface area contributed by atoms with Gasteiger partial charge in [-0.15, -0.1) is 0 Å². The van der Waals surface area contributed by atoms with Crippen LogP contribution in [0, 0.1) is 5.08 Å². The maximum Gasteiger partial charge on any atom is 0.256 e. The van der Waals surface area contributed by atoms with Gasteiger partial charge in [0, 0.05) is 0 Å². The molecule has 2 rings (SSSR count). The molecule has 2 aromatic rings. The van der Waals surface area contributed by atoms with E-state index in [0.717, 1.165) is 0 Å². The first-order chi connectivity index (χ1) is 8.92. The number of sulfone groups is 2. The zero-order chi connectivity index (χ0) is 13.9. The largest absolute Gasteiger partial charge is 0.256 e. The highest BCUT2D eigenvalue weighted by atomic mass is 32.3. The molecule has 0 aliphatic heterocycles. The van der Waals surface area contributed by atoms with Crippen molar-refractivity contribution in [3.8, 4) is 0 Å². The number of hydrogen-bond donors (Lipinski definition) is 0. The standard InChI is InChI=1S/C13H10O4S2/c14-18(15,12-7-3-1-4-8-12)11-19(16,17)13-9-5-2-6-10-13/h1-10H. The first-order valence-electron chi connectivity index (χ1n) is 5.30. The molecule has 0 heterocycles. The van der Waals surface area contributed by atoms with Gasteiger partial charge in [-0.1, -0.05) is 36.4 Å². The van der Waals surface area contributed by atoms with Crippen molar-refractivity contribution in [2.45, 2.75) is 9.79 Å². The Bertz CT molecular complexity index is 681. The molecule has 0 spiro atoms. The summed E-state index contributed by atoms with van der Waals surface area (Å²) in [6, 6.07) is 14.6. The van der Waals surface area contributed by atoms with Gasteiger partial charge in [0.05, 0.1) is 9.79 Å². The molecule has 98 valence electrons. The Labute approximate surface area is 112 Å². The van der Waals surface area contributed by atoms with Gasteiger partial charge in [-0.3, -0.25) is 0 Å². The highest BCUT2D eigenvalue weighted by Crippen LogP contribution is 2.21. The lowest BCUT2D eigenvalue weighted by molar-refractivity contribution is 0.594. The summed E-state index contributed by atoms with van der Waals surface area (Å²) in [4.78, 5) is -0.205. The third-order valence-corrected chi connectivity index (χ3v) is 5.87. The zero-order valence-electron chi connectivity index (χ0n) is 9.72. The molecule has 2 aromatic carbocycles. The van der Waals surface area contributed by atoms with Crippen LogP contribution in [0.15, 0.2) is 70.5 Å². The van der Waals surface area contributed by atoms with Crippen LogP contribution in [0.5, 0.6) is 0 Å². The molecule has 0 aliphatic carbocycles. The van der Waals surface area contributed by atoms with Gasteiger partial charge in [-0.2, -0.15) is 0 Å². The third kappa shape index (κ3) is 3.21. The Kier molecular flexibility index (Phi) is 3.73. The lowest BCUT2D eigenvalue weighted by Gasteiger charge is -2.04. The molecule has 0 N–H and O–H groups in total. The Hall–Kier alpha value is -1.66. The summed E-state index contributed by atoms with van der Waals surface area (Å²) >= 11 is 0. The smallest absolute Gasteiger partial charge is 0.222 e. The minimum Gasteiger partial charge on any atom is -0.222 e. The van der Waals surface area contributed by atoms with Crippen LogP contribution in [0.3, 0.4) is 0 Å². The van der Waals surface area contributed by atoms with Crippen molar-refractivity contribution in [1.29, 1.82) is 0 Å². The van der Waals surface area contributed by atoms with Gasteiger partial charge < -0.3 is 0 Å². The first-order valence-corrected chi connectivity index (χ1v) is 8.27. The molecule has 6 heteroatoms. The van der Waals surface area contributed by atoms with Crippen molar-refractivity contribution in [3.63, 3.8) is 0 Å². The predicted molar refractivity (Wildman–Crippen MR) is 70.5 cm³/mol. The van der Waals surface area contributed by atoms with Gasteiger partial charge in [0.15, 0.2) is 0 Å². The second-order valence-electron chi connectivity index (χ2n) is 3.72. The lowest BCUT2D eigenvalue weighted by Crippen LogP contribution is -2.11. The molecule has 0 bridgehead atoms. The van der Waals surface area contributed by atoms with Gasteiger partial charge >= 0.3 is 0 Å².